The molecule has 0 bridgehead atoms. The van der Waals surface area contributed by atoms with Crippen LogP contribution < -0.4 is 0 Å². The largest absolute Gasteiger partial charge is 0.394 e. The molecule has 86 valence electrons. The van der Waals surface area contributed by atoms with Crippen molar-refractivity contribution in [2.24, 2.45) is 0 Å². The lowest BCUT2D eigenvalue weighted by Crippen LogP contribution is -2.44. The van der Waals surface area contributed by atoms with Crippen LogP contribution in [0.15, 0.2) is 0 Å². The van der Waals surface area contributed by atoms with Gasteiger partial charge in [0.25, 0.3) is 0 Å². The van der Waals surface area contributed by atoms with Crippen LogP contribution in [0.25, 0.3) is 0 Å². The Balaban J connectivity index is 4.49. The van der Waals surface area contributed by atoms with E-state index in [1.54, 1.807) is 6.92 Å². The molecule has 0 saturated heterocycles. The lowest BCUT2D eigenvalue weighted by Gasteiger charge is -2.30. The van der Waals surface area contributed by atoms with E-state index in [-0.39, 0.29) is 5.16 Å². The third-order valence-electron chi connectivity index (χ3n) is 1.68. The van der Waals surface area contributed by atoms with Crippen LogP contribution in [-0.4, -0.2) is 27.1 Å². The van der Waals surface area contributed by atoms with Crippen LogP contribution in [0.1, 0.15) is 20.8 Å². The highest BCUT2D eigenvalue weighted by Gasteiger charge is 2.53. The maximum atomic E-state index is 6.08. The summed E-state index contributed by atoms with van der Waals surface area (Å²) in [5, 5.41) is -0.304. The minimum Gasteiger partial charge on any atom is -0.392 e. The normalized spacial score (nSPS) is 13.7. The summed E-state index contributed by atoms with van der Waals surface area (Å²) in [6.45, 7) is 0.612. The second kappa shape index (κ2) is 6.30. The molecule has 0 heterocycles. The first kappa shape index (κ1) is 15.5. The lowest BCUT2D eigenvalue weighted by atomic mass is 10.9. The summed E-state index contributed by atoms with van der Waals surface area (Å²) in [6, 6.07) is 0. The van der Waals surface area contributed by atoms with E-state index in [0.29, 0.717) is 13.2 Å². The van der Waals surface area contributed by atoms with Gasteiger partial charge in [-0.3, -0.25) is 0 Å². The Labute approximate surface area is 106 Å². The number of halogens is 4. The van der Waals surface area contributed by atoms with E-state index in [0.717, 1.165) is 0 Å². The minimum atomic E-state index is -2.86. The second-order valence-electron chi connectivity index (χ2n) is 2.71. The van der Waals surface area contributed by atoms with Gasteiger partial charge >= 0.3 is 13.9 Å². The molecule has 0 atom stereocenters. The first-order valence-electron chi connectivity index (χ1n) is 4.31. The first-order valence-corrected chi connectivity index (χ1v) is 12.3. The van der Waals surface area contributed by atoms with Crippen molar-refractivity contribution >= 4 is 58.2 Å². The van der Waals surface area contributed by atoms with E-state index in [1.165, 1.54) is 0 Å². The van der Waals surface area contributed by atoms with Crippen LogP contribution in [-0.2, 0) is 8.85 Å². The summed E-state index contributed by atoms with van der Waals surface area (Å²) in [5.74, 6) is 0. The molecule has 0 aliphatic carbocycles. The molecule has 0 aliphatic rings. The Kier molecular flexibility index (Phi) is 6.98. The summed E-state index contributed by atoms with van der Waals surface area (Å²) in [7, 11) is 0. The molecule has 0 spiro atoms. The van der Waals surface area contributed by atoms with Gasteiger partial charge in [-0.25, -0.2) is 0 Å². The molecule has 0 radical (unpaired) electrons. The zero-order valence-electron chi connectivity index (χ0n) is 8.32. The topological polar surface area (TPSA) is 18.5 Å². The van der Waals surface area contributed by atoms with E-state index < -0.39 is 13.9 Å². The molecule has 0 N–H and O–H groups in total. The van der Waals surface area contributed by atoms with Crippen LogP contribution in [0.4, 0.5) is 0 Å². The van der Waals surface area contributed by atoms with Crippen molar-refractivity contribution < 1.29 is 8.85 Å². The summed E-state index contributed by atoms with van der Waals surface area (Å²) in [6.07, 6.45) is 0. The average Bonchev–Trinajstić information content (AvgIpc) is 2.02. The molecule has 0 saturated carbocycles. The average molecular weight is 316 g/mol. The van der Waals surface area contributed by atoms with Gasteiger partial charge in [0.05, 0.1) is 0 Å². The van der Waals surface area contributed by atoms with Crippen molar-refractivity contribution in [1.82, 2.24) is 0 Å². The molecule has 0 rings (SSSR count). The van der Waals surface area contributed by atoms with Gasteiger partial charge in [-0.05, 0) is 13.8 Å². The Hall–Kier alpha value is 1.51. The fraction of sp³-hybridized carbons (Fsp3) is 1.00. The highest BCUT2D eigenvalue weighted by molar-refractivity contribution is 7.54. The molecule has 14 heavy (non-hydrogen) atoms. The molecular weight excluding hydrogens is 302 g/mol. The van der Waals surface area contributed by atoms with Crippen molar-refractivity contribution in [3.8, 4) is 0 Å². The van der Waals surface area contributed by atoms with E-state index in [4.69, 9.17) is 53.2 Å². The van der Waals surface area contributed by atoms with E-state index in [2.05, 4.69) is 0 Å². The summed E-state index contributed by atoms with van der Waals surface area (Å²) >= 11 is 24.3. The quantitative estimate of drug-likeness (QED) is 0.548. The zero-order valence-corrected chi connectivity index (χ0v) is 13.3. The second-order valence-corrected chi connectivity index (χ2v) is 15.7. The van der Waals surface area contributed by atoms with Gasteiger partial charge in [0, 0.05) is 18.4 Å². The third kappa shape index (κ3) is 4.57. The third-order valence-corrected chi connectivity index (χ3v) is 14.9. The van der Waals surface area contributed by atoms with E-state index in [9.17, 15) is 0 Å². The first-order chi connectivity index (χ1) is 6.28. The lowest BCUT2D eigenvalue weighted by molar-refractivity contribution is 0.328. The van der Waals surface area contributed by atoms with Crippen molar-refractivity contribution in [2.45, 2.75) is 25.9 Å². The monoisotopic (exact) mass is 314 g/mol. The molecule has 8 heteroatoms. The highest BCUT2D eigenvalue weighted by atomic mass is 35.7. The van der Waals surface area contributed by atoms with Crippen molar-refractivity contribution in [3.63, 3.8) is 0 Å². The Bertz CT molecular complexity index is 161. The van der Waals surface area contributed by atoms with Gasteiger partial charge in [0.2, 0.25) is 0 Å². The molecule has 0 aliphatic heterocycles. The van der Waals surface area contributed by atoms with Crippen LogP contribution >= 0.6 is 44.3 Å². The predicted octanol–water partition coefficient (Wildman–Crippen LogP) is 3.82. The van der Waals surface area contributed by atoms with Gasteiger partial charge in [0.1, 0.15) is 0 Å². The number of hydrogen-bond donors (Lipinski definition) is 0. The maximum absolute atomic E-state index is 6.08. The smallest absolute Gasteiger partial charge is 0.392 e. The molecule has 2 nitrogen and oxygen atoms in total. The van der Waals surface area contributed by atoms with Crippen molar-refractivity contribution in [2.75, 3.05) is 13.2 Å². The van der Waals surface area contributed by atoms with Gasteiger partial charge in [-0.2, -0.15) is 0 Å². The van der Waals surface area contributed by atoms with Gasteiger partial charge in [0.15, 0.2) is 0 Å². The van der Waals surface area contributed by atoms with Crippen LogP contribution in [0, 0.1) is 0 Å². The molecule has 0 fully saturated rings. The minimum absolute atomic E-state index is 0.304. The predicted molar refractivity (Wildman–Crippen MR) is 67.6 cm³/mol. The fourth-order valence-electron chi connectivity index (χ4n) is 0.831. The zero-order chi connectivity index (χ0) is 11.4. The summed E-state index contributed by atoms with van der Waals surface area (Å²) in [5.41, 5.74) is 0. The SMILES string of the molecule is CCO[Si](Cl)(Cl)C(C)[Si](Cl)(Cl)OCC. The van der Waals surface area contributed by atoms with Crippen LogP contribution in [0.3, 0.4) is 0 Å². The standard InChI is InChI=1S/C6H14Cl4O2Si2/c1-4-11-13(7,8)6(3)14(9,10)12-5-2/h6H,4-5H2,1-3H3. The molecule has 0 aromatic rings. The Morgan fingerprint density at radius 2 is 1.21 bits per heavy atom. The van der Waals surface area contributed by atoms with Crippen LogP contribution in [0.2, 0.25) is 5.16 Å². The molecule has 0 aromatic heterocycles. The number of hydrogen-bond acceptors (Lipinski definition) is 2. The van der Waals surface area contributed by atoms with E-state index >= 15 is 0 Å². The Morgan fingerprint density at radius 3 is 1.43 bits per heavy atom. The molecule has 0 unspecified atom stereocenters. The van der Waals surface area contributed by atoms with E-state index in [1.807, 2.05) is 13.8 Å². The summed E-state index contributed by atoms with van der Waals surface area (Å²) in [4.78, 5) is 0. The van der Waals surface area contributed by atoms with Crippen molar-refractivity contribution in [3.05, 3.63) is 0 Å². The van der Waals surface area contributed by atoms with Gasteiger partial charge < -0.3 is 8.85 Å². The Morgan fingerprint density at radius 1 is 0.929 bits per heavy atom. The number of rotatable bonds is 6. The van der Waals surface area contributed by atoms with Gasteiger partial charge in [-0.15, -0.1) is 44.3 Å². The maximum Gasteiger partial charge on any atom is 0.394 e. The van der Waals surface area contributed by atoms with Crippen LogP contribution in [0.5, 0.6) is 0 Å². The molecule has 0 amide bonds. The summed E-state index contributed by atoms with van der Waals surface area (Å²) < 4.78 is 10.6. The van der Waals surface area contributed by atoms with Gasteiger partial charge in [-0.1, -0.05) is 6.92 Å². The molecular formula is C6H14Cl4O2Si2. The highest BCUT2D eigenvalue weighted by Crippen LogP contribution is 2.42. The molecule has 0 aromatic carbocycles. The van der Waals surface area contributed by atoms with Crippen molar-refractivity contribution in [1.29, 1.82) is 0 Å². The fourth-order valence-corrected chi connectivity index (χ4v) is 13.0.